The van der Waals surface area contributed by atoms with Crippen LogP contribution >= 0.6 is 15.9 Å². The third-order valence-corrected chi connectivity index (χ3v) is 6.67. The van der Waals surface area contributed by atoms with Crippen molar-refractivity contribution in [2.24, 2.45) is 0 Å². The molecule has 2 N–H and O–H groups in total. The number of hydrogen-bond acceptors (Lipinski definition) is 6. The summed E-state index contributed by atoms with van der Waals surface area (Å²) in [5.41, 5.74) is 11.5. The molecular weight excluding hydrogens is 480 g/mol. The van der Waals surface area contributed by atoms with E-state index >= 15 is 0 Å². The van der Waals surface area contributed by atoms with Gasteiger partial charge >= 0.3 is 6.01 Å². The zero-order valence-corrected chi connectivity index (χ0v) is 20.3. The molecule has 1 saturated heterocycles. The summed E-state index contributed by atoms with van der Waals surface area (Å²) in [4.78, 5) is 15.8. The molecule has 33 heavy (non-hydrogen) atoms. The molecule has 0 aliphatic carbocycles. The minimum atomic E-state index is 0.266. The second-order valence-electron chi connectivity index (χ2n) is 8.58. The third kappa shape index (κ3) is 5.02. The normalized spacial score (nSPS) is 14.2. The van der Waals surface area contributed by atoms with Crippen molar-refractivity contribution in [2.45, 2.75) is 39.5 Å². The molecule has 1 fully saturated rings. The van der Waals surface area contributed by atoms with E-state index in [1.165, 1.54) is 37.1 Å². The Morgan fingerprint density at radius 2 is 1.70 bits per heavy atom. The molecule has 1 aliphatic heterocycles. The lowest BCUT2D eigenvalue weighted by atomic mass is 10.1. The Balaban J connectivity index is 1.35. The van der Waals surface area contributed by atoms with Crippen molar-refractivity contribution in [3.05, 3.63) is 75.6 Å². The Hall–Kier alpha value is -2.97. The molecule has 4 aromatic rings. The van der Waals surface area contributed by atoms with Crippen LogP contribution in [-0.2, 0) is 19.7 Å². The number of aryl methyl sites for hydroxylation is 1. The molecule has 0 amide bonds. The molecule has 170 valence electrons. The number of aromatic nitrogens is 4. The fourth-order valence-corrected chi connectivity index (χ4v) is 4.81. The van der Waals surface area contributed by atoms with Gasteiger partial charge in [0.1, 0.15) is 12.4 Å². The highest BCUT2D eigenvalue weighted by atomic mass is 79.9. The Morgan fingerprint density at radius 1 is 0.970 bits per heavy atom. The van der Waals surface area contributed by atoms with Crippen molar-refractivity contribution in [1.29, 1.82) is 0 Å². The maximum atomic E-state index is 6.24. The molecule has 0 unspecified atom stereocenters. The average Bonchev–Trinajstić information content (AvgIpc) is 3.42. The molecule has 1 aliphatic rings. The van der Waals surface area contributed by atoms with Crippen LogP contribution in [-0.4, -0.2) is 37.5 Å². The lowest BCUT2D eigenvalue weighted by Crippen LogP contribution is -2.18. The van der Waals surface area contributed by atoms with Crippen molar-refractivity contribution in [3.8, 4) is 6.01 Å². The Labute approximate surface area is 201 Å². The summed E-state index contributed by atoms with van der Waals surface area (Å²) < 4.78 is 8.86. The van der Waals surface area contributed by atoms with E-state index in [0.717, 1.165) is 33.4 Å². The van der Waals surface area contributed by atoms with E-state index in [-0.39, 0.29) is 6.01 Å². The maximum absolute atomic E-state index is 6.24. The summed E-state index contributed by atoms with van der Waals surface area (Å²) >= 11 is 3.67. The lowest BCUT2D eigenvalue weighted by molar-refractivity contribution is 0.282. The fraction of sp³-hybridized carbons (Fsp3) is 0.320. The number of benzene rings is 1. The number of halogens is 1. The van der Waals surface area contributed by atoms with E-state index in [1.54, 1.807) is 6.20 Å². The number of hydrogen-bond donors (Lipinski definition) is 1. The topological polar surface area (TPSA) is 82.1 Å². The molecule has 8 heteroatoms. The van der Waals surface area contributed by atoms with Crippen LogP contribution in [0.2, 0.25) is 0 Å². The standard InChI is InChI=1S/C25H27BrN6O/c1-17-12-20(8-9-28-17)16-33-25-29-23(27)21-13-22(26)32(24(21)30-25)15-19-6-4-18(5-7-19)14-31-10-2-3-11-31/h4-9,12-13H,2-3,10-11,14-16H2,1H3,(H2,27,29,30). The van der Waals surface area contributed by atoms with Crippen LogP contribution in [0.5, 0.6) is 6.01 Å². The number of nitrogens with two attached hydrogens (primary N) is 1. The summed E-state index contributed by atoms with van der Waals surface area (Å²) in [5.74, 6) is 0.404. The zero-order chi connectivity index (χ0) is 22.8. The number of nitrogen functional groups attached to an aromatic ring is 1. The molecule has 0 spiro atoms. The maximum Gasteiger partial charge on any atom is 0.320 e. The van der Waals surface area contributed by atoms with Gasteiger partial charge < -0.3 is 15.0 Å². The largest absolute Gasteiger partial charge is 0.458 e. The predicted octanol–water partition coefficient (Wildman–Crippen LogP) is 4.70. The van der Waals surface area contributed by atoms with Gasteiger partial charge in [0.05, 0.1) is 16.5 Å². The molecule has 0 saturated carbocycles. The molecule has 5 rings (SSSR count). The smallest absolute Gasteiger partial charge is 0.320 e. The van der Waals surface area contributed by atoms with Gasteiger partial charge in [-0.2, -0.15) is 9.97 Å². The highest BCUT2D eigenvalue weighted by Gasteiger charge is 2.16. The van der Waals surface area contributed by atoms with E-state index < -0.39 is 0 Å². The van der Waals surface area contributed by atoms with Gasteiger partial charge in [-0.3, -0.25) is 9.88 Å². The van der Waals surface area contributed by atoms with Crippen LogP contribution < -0.4 is 10.5 Å². The van der Waals surface area contributed by atoms with Crippen LogP contribution in [0.15, 0.2) is 53.3 Å². The van der Waals surface area contributed by atoms with E-state index in [9.17, 15) is 0 Å². The van der Waals surface area contributed by atoms with Crippen molar-refractivity contribution in [1.82, 2.24) is 24.4 Å². The Kier molecular flexibility index (Phi) is 6.28. The van der Waals surface area contributed by atoms with E-state index in [4.69, 9.17) is 10.5 Å². The van der Waals surface area contributed by atoms with Crippen LogP contribution in [0, 0.1) is 6.92 Å². The summed E-state index contributed by atoms with van der Waals surface area (Å²) in [7, 11) is 0. The molecular formula is C25H27BrN6O. The summed E-state index contributed by atoms with van der Waals surface area (Å²) in [6, 6.07) is 15.0. The van der Waals surface area contributed by atoms with Crippen LogP contribution in [0.25, 0.3) is 11.0 Å². The van der Waals surface area contributed by atoms with Crippen molar-refractivity contribution in [3.63, 3.8) is 0 Å². The number of nitrogens with zero attached hydrogens (tertiary/aromatic N) is 5. The number of likely N-dealkylation sites (tertiary alicyclic amines) is 1. The highest BCUT2D eigenvalue weighted by molar-refractivity contribution is 9.10. The van der Waals surface area contributed by atoms with E-state index in [0.29, 0.717) is 19.0 Å². The molecule has 7 nitrogen and oxygen atoms in total. The number of ether oxygens (including phenoxy) is 1. The molecule has 0 radical (unpaired) electrons. The first kappa shape index (κ1) is 21.9. The van der Waals surface area contributed by atoms with Gasteiger partial charge in [0.2, 0.25) is 0 Å². The molecule has 0 atom stereocenters. The highest BCUT2D eigenvalue weighted by Crippen LogP contribution is 2.29. The van der Waals surface area contributed by atoms with Gasteiger partial charge in [-0.1, -0.05) is 24.3 Å². The van der Waals surface area contributed by atoms with Gasteiger partial charge in [-0.25, -0.2) is 0 Å². The average molecular weight is 507 g/mol. The first-order chi connectivity index (χ1) is 16.0. The first-order valence-corrected chi connectivity index (χ1v) is 12.0. The first-order valence-electron chi connectivity index (χ1n) is 11.2. The summed E-state index contributed by atoms with van der Waals surface area (Å²) in [5, 5.41) is 0.805. The molecule has 1 aromatic carbocycles. The molecule has 3 aromatic heterocycles. The van der Waals surface area contributed by atoms with Gasteiger partial charge in [0.25, 0.3) is 0 Å². The number of rotatable bonds is 7. The minimum absolute atomic E-state index is 0.266. The van der Waals surface area contributed by atoms with Crippen molar-refractivity contribution < 1.29 is 4.74 Å². The molecule has 4 heterocycles. The summed E-state index contributed by atoms with van der Waals surface area (Å²) in [6.45, 7) is 6.42. The number of anilines is 1. The molecule has 0 bridgehead atoms. The zero-order valence-electron chi connectivity index (χ0n) is 18.7. The van der Waals surface area contributed by atoms with Crippen molar-refractivity contribution >= 4 is 32.8 Å². The lowest BCUT2D eigenvalue weighted by Gasteiger charge is -2.15. The van der Waals surface area contributed by atoms with Gasteiger partial charge in [-0.05, 0) is 83.7 Å². The van der Waals surface area contributed by atoms with Gasteiger partial charge in [-0.15, -0.1) is 0 Å². The quantitative estimate of drug-likeness (QED) is 0.391. The number of fused-ring (bicyclic) bond motifs is 1. The van der Waals surface area contributed by atoms with Crippen LogP contribution in [0.4, 0.5) is 5.82 Å². The van der Waals surface area contributed by atoms with E-state index in [1.807, 2.05) is 25.1 Å². The third-order valence-electron chi connectivity index (χ3n) is 6.01. The number of pyridine rings is 1. The van der Waals surface area contributed by atoms with Crippen LogP contribution in [0.3, 0.4) is 0 Å². The van der Waals surface area contributed by atoms with Gasteiger partial charge in [0, 0.05) is 18.4 Å². The second kappa shape index (κ2) is 9.49. The monoisotopic (exact) mass is 506 g/mol. The minimum Gasteiger partial charge on any atom is -0.458 e. The van der Waals surface area contributed by atoms with Gasteiger partial charge in [0.15, 0.2) is 5.65 Å². The van der Waals surface area contributed by atoms with E-state index in [2.05, 4.69) is 64.6 Å². The van der Waals surface area contributed by atoms with Crippen molar-refractivity contribution in [2.75, 3.05) is 18.8 Å². The fourth-order valence-electron chi connectivity index (χ4n) is 4.28. The predicted molar refractivity (Wildman–Crippen MR) is 133 cm³/mol. The van der Waals surface area contributed by atoms with Crippen LogP contribution in [0.1, 0.15) is 35.2 Å². The Morgan fingerprint density at radius 3 is 2.42 bits per heavy atom. The SMILES string of the molecule is Cc1cc(COc2nc(N)c3cc(Br)n(Cc4ccc(CN5CCCC5)cc4)c3n2)ccn1. The summed E-state index contributed by atoms with van der Waals surface area (Å²) in [6.07, 6.45) is 4.39. The Bertz CT molecular complexity index is 1260. The second-order valence-corrected chi connectivity index (χ2v) is 9.39.